The first kappa shape index (κ1) is 15.0. The summed E-state index contributed by atoms with van der Waals surface area (Å²) in [5, 5.41) is 0. The van der Waals surface area contributed by atoms with Crippen LogP contribution in [-0.2, 0) is 19.3 Å². The standard InChI is InChI=1S/C21H21NO2/c1-15-20(22-21(24-15)17-6-3-2-4-7-17)12-13-23-19-11-10-16-8-5-9-18(16)14-19/h2-4,6-7,10-11,14H,5,8-9,12-13H2,1H3. The molecule has 0 saturated heterocycles. The minimum absolute atomic E-state index is 0.611. The van der Waals surface area contributed by atoms with E-state index >= 15 is 0 Å². The molecule has 0 N–H and O–H groups in total. The van der Waals surface area contributed by atoms with Gasteiger partial charge in [0.2, 0.25) is 5.89 Å². The van der Waals surface area contributed by atoms with E-state index in [9.17, 15) is 0 Å². The van der Waals surface area contributed by atoms with E-state index in [1.54, 1.807) is 0 Å². The Balaban J connectivity index is 1.40. The zero-order chi connectivity index (χ0) is 16.4. The van der Waals surface area contributed by atoms with E-state index < -0.39 is 0 Å². The van der Waals surface area contributed by atoms with Crippen molar-refractivity contribution < 1.29 is 9.15 Å². The van der Waals surface area contributed by atoms with Crippen LogP contribution in [0.3, 0.4) is 0 Å². The van der Waals surface area contributed by atoms with Crippen LogP contribution in [-0.4, -0.2) is 11.6 Å². The number of ether oxygens (including phenoxy) is 1. The second-order valence-electron chi connectivity index (χ2n) is 6.27. The highest BCUT2D eigenvalue weighted by Crippen LogP contribution is 2.26. The van der Waals surface area contributed by atoms with Gasteiger partial charge in [0.25, 0.3) is 0 Å². The van der Waals surface area contributed by atoms with Gasteiger partial charge in [-0.3, -0.25) is 0 Å². The molecule has 1 aliphatic carbocycles. The van der Waals surface area contributed by atoms with Gasteiger partial charge in [0.15, 0.2) is 0 Å². The average molecular weight is 319 g/mol. The monoisotopic (exact) mass is 319 g/mol. The highest BCUT2D eigenvalue weighted by atomic mass is 16.5. The highest BCUT2D eigenvalue weighted by molar-refractivity contribution is 5.53. The molecule has 1 aromatic heterocycles. The maximum atomic E-state index is 5.92. The highest BCUT2D eigenvalue weighted by Gasteiger charge is 2.13. The number of hydrogen-bond acceptors (Lipinski definition) is 3. The Labute approximate surface area is 142 Å². The fraction of sp³-hybridized carbons (Fsp3) is 0.286. The summed E-state index contributed by atoms with van der Waals surface area (Å²) in [4.78, 5) is 4.62. The summed E-state index contributed by atoms with van der Waals surface area (Å²) < 4.78 is 11.7. The SMILES string of the molecule is Cc1oc(-c2ccccc2)nc1CCOc1ccc2c(c1)CCC2. The zero-order valence-corrected chi connectivity index (χ0v) is 13.9. The lowest BCUT2D eigenvalue weighted by Gasteiger charge is -2.07. The van der Waals surface area contributed by atoms with E-state index in [4.69, 9.17) is 9.15 Å². The molecule has 3 heteroatoms. The van der Waals surface area contributed by atoms with Crippen molar-refractivity contribution in [3.05, 3.63) is 71.1 Å². The molecule has 0 amide bonds. The molecule has 3 aromatic rings. The van der Waals surface area contributed by atoms with Crippen LogP contribution in [0, 0.1) is 6.92 Å². The molecule has 1 aliphatic rings. The van der Waals surface area contributed by atoms with E-state index in [1.807, 2.05) is 37.3 Å². The van der Waals surface area contributed by atoms with Gasteiger partial charge in [0.05, 0.1) is 12.3 Å². The molecule has 4 rings (SSSR count). The molecule has 0 fully saturated rings. The molecule has 122 valence electrons. The van der Waals surface area contributed by atoms with E-state index in [-0.39, 0.29) is 0 Å². The Bertz CT molecular complexity index is 836. The van der Waals surface area contributed by atoms with Gasteiger partial charge in [-0.05, 0) is 61.6 Å². The molecular formula is C21H21NO2. The van der Waals surface area contributed by atoms with Gasteiger partial charge < -0.3 is 9.15 Å². The molecule has 0 radical (unpaired) electrons. The summed E-state index contributed by atoms with van der Waals surface area (Å²) >= 11 is 0. The van der Waals surface area contributed by atoms with Crippen LogP contribution in [0.25, 0.3) is 11.5 Å². The third kappa shape index (κ3) is 3.07. The first-order chi connectivity index (χ1) is 11.8. The number of benzene rings is 2. The van der Waals surface area contributed by atoms with E-state index in [1.165, 1.54) is 30.4 Å². The van der Waals surface area contributed by atoms with Crippen LogP contribution in [0.1, 0.15) is 29.0 Å². The Morgan fingerprint density at radius 3 is 2.75 bits per heavy atom. The van der Waals surface area contributed by atoms with Gasteiger partial charge in [0.1, 0.15) is 11.5 Å². The molecule has 0 unspecified atom stereocenters. The van der Waals surface area contributed by atoms with Gasteiger partial charge in [-0.1, -0.05) is 24.3 Å². The molecular weight excluding hydrogens is 298 g/mol. The lowest BCUT2D eigenvalue weighted by Crippen LogP contribution is -2.03. The Hall–Kier alpha value is -2.55. The lowest BCUT2D eigenvalue weighted by atomic mass is 10.1. The molecule has 1 heterocycles. The number of nitrogens with zero attached hydrogens (tertiary/aromatic N) is 1. The largest absolute Gasteiger partial charge is 0.493 e. The van der Waals surface area contributed by atoms with Crippen molar-refractivity contribution >= 4 is 0 Å². The van der Waals surface area contributed by atoms with E-state index in [2.05, 4.69) is 23.2 Å². The van der Waals surface area contributed by atoms with Gasteiger partial charge in [-0.2, -0.15) is 0 Å². The molecule has 0 saturated carbocycles. The average Bonchev–Trinajstić information content (AvgIpc) is 3.22. The smallest absolute Gasteiger partial charge is 0.226 e. The van der Waals surface area contributed by atoms with Gasteiger partial charge in [-0.25, -0.2) is 4.98 Å². The van der Waals surface area contributed by atoms with E-state index in [0.717, 1.165) is 29.2 Å². The second-order valence-corrected chi connectivity index (χ2v) is 6.27. The Morgan fingerprint density at radius 2 is 1.88 bits per heavy atom. The molecule has 0 atom stereocenters. The molecule has 2 aromatic carbocycles. The number of aryl methyl sites for hydroxylation is 3. The fourth-order valence-corrected chi connectivity index (χ4v) is 3.27. The minimum Gasteiger partial charge on any atom is -0.493 e. The fourth-order valence-electron chi connectivity index (χ4n) is 3.27. The van der Waals surface area contributed by atoms with Gasteiger partial charge in [0, 0.05) is 12.0 Å². The van der Waals surface area contributed by atoms with Crippen LogP contribution in [0.4, 0.5) is 0 Å². The maximum absolute atomic E-state index is 5.92. The molecule has 24 heavy (non-hydrogen) atoms. The summed E-state index contributed by atoms with van der Waals surface area (Å²) in [6.07, 6.45) is 4.39. The number of hydrogen-bond donors (Lipinski definition) is 0. The summed E-state index contributed by atoms with van der Waals surface area (Å²) in [5.74, 6) is 2.51. The van der Waals surface area contributed by atoms with Crippen molar-refractivity contribution in [3.63, 3.8) is 0 Å². The third-order valence-corrected chi connectivity index (χ3v) is 4.59. The number of aromatic nitrogens is 1. The summed E-state index contributed by atoms with van der Waals surface area (Å²) in [7, 11) is 0. The predicted molar refractivity (Wildman–Crippen MR) is 94.3 cm³/mol. The quantitative estimate of drug-likeness (QED) is 0.680. The Morgan fingerprint density at radius 1 is 1.04 bits per heavy atom. The Kier molecular flexibility index (Phi) is 4.08. The third-order valence-electron chi connectivity index (χ3n) is 4.59. The number of rotatable bonds is 5. The van der Waals surface area contributed by atoms with Gasteiger partial charge in [-0.15, -0.1) is 0 Å². The summed E-state index contributed by atoms with van der Waals surface area (Å²) in [6.45, 7) is 2.57. The normalized spacial score (nSPS) is 13.0. The second kappa shape index (κ2) is 6.52. The van der Waals surface area contributed by atoms with Crippen LogP contribution in [0.5, 0.6) is 5.75 Å². The van der Waals surface area contributed by atoms with Crippen LogP contribution in [0.15, 0.2) is 52.9 Å². The number of fused-ring (bicyclic) bond motifs is 1. The van der Waals surface area contributed by atoms with Gasteiger partial charge >= 0.3 is 0 Å². The minimum atomic E-state index is 0.611. The first-order valence-corrected chi connectivity index (χ1v) is 8.56. The predicted octanol–water partition coefficient (Wildman–Crippen LogP) is 4.76. The van der Waals surface area contributed by atoms with Crippen molar-refractivity contribution in [3.8, 4) is 17.2 Å². The summed E-state index contributed by atoms with van der Waals surface area (Å²) in [6, 6.07) is 16.5. The van der Waals surface area contributed by atoms with Crippen molar-refractivity contribution in [2.75, 3.05) is 6.61 Å². The first-order valence-electron chi connectivity index (χ1n) is 8.56. The van der Waals surface area contributed by atoms with Crippen LogP contribution >= 0.6 is 0 Å². The number of oxazole rings is 1. The summed E-state index contributed by atoms with van der Waals surface area (Å²) in [5.41, 5.74) is 4.89. The zero-order valence-electron chi connectivity index (χ0n) is 13.9. The molecule has 3 nitrogen and oxygen atoms in total. The van der Waals surface area contributed by atoms with E-state index in [0.29, 0.717) is 12.5 Å². The topological polar surface area (TPSA) is 35.3 Å². The van der Waals surface area contributed by atoms with Crippen molar-refractivity contribution in [1.82, 2.24) is 4.98 Å². The van der Waals surface area contributed by atoms with Crippen LogP contribution < -0.4 is 4.74 Å². The van der Waals surface area contributed by atoms with Crippen molar-refractivity contribution in [2.45, 2.75) is 32.6 Å². The lowest BCUT2D eigenvalue weighted by molar-refractivity contribution is 0.319. The molecule has 0 spiro atoms. The van der Waals surface area contributed by atoms with Crippen molar-refractivity contribution in [1.29, 1.82) is 0 Å². The van der Waals surface area contributed by atoms with Crippen molar-refractivity contribution in [2.24, 2.45) is 0 Å². The molecule has 0 bridgehead atoms. The molecule has 0 aliphatic heterocycles. The maximum Gasteiger partial charge on any atom is 0.226 e. The van der Waals surface area contributed by atoms with Crippen LogP contribution in [0.2, 0.25) is 0 Å².